The summed E-state index contributed by atoms with van der Waals surface area (Å²) in [5.41, 5.74) is 7.81. The Bertz CT molecular complexity index is 891. The Labute approximate surface area is 245 Å². The Morgan fingerprint density at radius 1 is 0.923 bits per heavy atom. The molecule has 39 heavy (non-hydrogen) atoms. The maximum absolute atomic E-state index is 4.20. The summed E-state index contributed by atoms with van der Waals surface area (Å²) in [5.74, 6) is 0. The average molecular weight is 537 g/mol. The van der Waals surface area contributed by atoms with Gasteiger partial charge in [-0.1, -0.05) is 139 Å². The first-order valence-corrected chi connectivity index (χ1v) is 15.4. The molecule has 0 bridgehead atoms. The van der Waals surface area contributed by atoms with Gasteiger partial charge in [0.2, 0.25) is 0 Å². The molecule has 222 valence electrons. The van der Waals surface area contributed by atoms with E-state index in [0.29, 0.717) is 0 Å². The molecule has 1 aromatic rings. The smallest absolute Gasteiger partial charge is 0.0634 e. The molecule has 1 N–H and O–H groups in total. The maximum atomic E-state index is 4.20. The highest BCUT2D eigenvalue weighted by Gasteiger charge is 2.18. The van der Waals surface area contributed by atoms with Crippen molar-refractivity contribution in [1.29, 1.82) is 0 Å². The van der Waals surface area contributed by atoms with Gasteiger partial charge in [-0.3, -0.25) is 0 Å². The third-order valence-corrected chi connectivity index (χ3v) is 5.81. The quantitative estimate of drug-likeness (QED) is 0.376. The van der Waals surface area contributed by atoms with Gasteiger partial charge in [0.15, 0.2) is 0 Å². The summed E-state index contributed by atoms with van der Waals surface area (Å²) in [6.07, 6.45) is 20.0. The summed E-state index contributed by atoms with van der Waals surface area (Å²) in [5, 5.41) is 3.79. The van der Waals surface area contributed by atoms with Crippen molar-refractivity contribution in [3.8, 4) is 0 Å². The minimum absolute atomic E-state index is 0.155. The van der Waals surface area contributed by atoms with Gasteiger partial charge in [-0.05, 0) is 53.5 Å². The molecule has 1 aliphatic carbocycles. The zero-order valence-electron chi connectivity index (χ0n) is 28.2. The number of rotatable bonds is 5. The van der Waals surface area contributed by atoms with E-state index in [1.807, 2.05) is 55.4 Å². The van der Waals surface area contributed by atoms with E-state index in [1.54, 1.807) is 0 Å². The van der Waals surface area contributed by atoms with Crippen molar-refractivity contribution in [1.82, 2.24) is 0 Å². The normalized spacial score (nSPS) is 14.8. The molecule has 0 amide bonds. The molecule has 1 unspecified atom stereocenters. The molecule has 3 rings (SSSR count). The number of nitrogens with zero attached hydrogens (tertiary/aromatic N) is 1. The van der Waals surface area contributed by atoms with Crippen molar-refractivity contribution < 1.29 is 0 Å². The topological polar surface area (TPSA) is 15.3 Å². The fraction of sp³-hybridized carbons (Fsp3) is 0.514. The van der Waals surface area contributed by atoms with E-state index in [-0.39, 0.29) is 11.5 Å². The van der Waals surface area contributed by atoms with Crippen LogP contribution in [0.4, 0.5) is 11.4 Å². The summed E-state index contributed by atoms with van der Waals surface area (Å²) in [7, 11) is 2.11. The molecule has 0 saturated carbocycles. The molecule has 1 aliphatic heterocycles. The van der Waals surface area contributed by atoms with Gasteiger partial charge >= 0.3 is 0 Å². The SMILES string of the molecule is C=C.C=C1C=CCc2cc(CCCC)c(NC3C=CC=C(C(C)(C)C)C=C3)cc2N1C.CC.CC.CC.CC. The summed E-state index contributed by atoms with van der Waals surface area (Å²) in [6, 6.07) is 4.90. The Morgan fingerprint density at radius 2 is 1.51 bits per heavy atom. The van der Waals surface area contributed by atoms with Gasteiger partial charge in [0, 0.05) is 24.1 Å². The number of aryl methyl sites for hydroxylation is 1. The number of benzene rings is 1. The summed E-state index contributed by atoms with van der Waals surface area (Å²) >= 11 is 0. The van der Waals surface area contributed by atoms with Gasteiger partial charge in [-0.25, -0.2) is 0 Å². The lowest BCUT2D eigenvalue weighted by molar-refractivity contribution is 0.517. The van der Waals surface area contributed by atoms with Crippen LogP contribution in [0.1, 0.15) is 107 Å². The lowest BCUT2D eigenvalue weighted by Crippen LogP contribution is -2.18. The highest BCUT2D eigenvalue weighted by atomic mass is 15.1. The number of hydrogen-bond donors (Lipinski definition) is 1. The van der Waals surface area contributed by atoms with E-state index < -0.39 is 0 Å². The standard InChI is InChI=1S/C27H36N2.4C2H6.C2H4/c1-7-8-12-21-18-22-13-9-11-20(2)29(6)26(22)19-25(21)28-24-15-10-14-23(16-17-24)27(3,4)5;5*1-2/h9-11,14-19,24,28H,2,7-8,12-13H2,1,3-6H3;4*1-2H3;1-2H2. The molecule has 0 radical (unpaired) electrons. The van der Waals surface area contributed by atoms with Crippen LogP contribution in [0.2, 0.25) is 0 Å². The lowest BCUT2D eigenvalue weighted by Gasteiger charge is -2.25. The van der Waals surface area contributed by atoms with Crippen LogP contribution in [0.3, 0.4) is 0 Å². The Morgan fingerprint density at radius 3 is 2.05 bits per heavy atom. The van der Waals surface area contributed by atoms with E-state index in [4.69, 9.17) is 0 Å². The predicted octanol–water partition coefficient (Wildman–Crippen LogP) is 11.9. The summed E-state index contributed by atoms with van der Waals surface area (Å²) in [4.78, 5) is 2.20. The molecule has 1 heterocycles. The van der Waals surface area contributed by atoms with E-state index >= 15 is 0 Å². The van der Waals surface area contributed by atoms with Crippen LogP contribution in [-0.2, 0) is 12.8 Å². The minimum atomic E-state index is 0.155. The summed E-state index contributed by atoms with van der Waals surface area (Å²) < 4.78 is 0. The average Bonchev–Trinajstić information content (AvgIpc) is 3.30. The van der Waals surface area contributed by atoms with Crippen molar-refractivity contribution in [2.45, 2.75) is 115 Å². The first-order valence-electron chi connectivity index (χ1n) is 15.4. The number of nitrogens with one attached hydrogen (secondary N) is 1. The van der Waals surface area contributed by atoms with Crippen molar-refractivity contribution in [3.05, 3.63) is 96.8 Å². The number of unbranched alkanes of at least 4 members (excludes halogenated alkanes) is 1. The van der Waals surface area contributed by atoms with Crippen LogP contribution < -0.4 is 10.2 Å². The second kappa shape index (κ2) is 24.3. The molecule has 1 atom stereocenters. The predicted molar refractivity (Wildman–Crippen MR) is 185 cm³/mol. The Balaban J connectivity index is -0.00000116. The Kier molecular flexibility index (Phi) is 25.4. The van der Waals surface area contributed by atoms with Gasteiger partial charge in [0.25, 0.3) is 0 Å². The molecule has 2 aliphatic rings. The summed E-state index contributed by atoms with van der Waals surface area (Å²) in [6.45, 7) is 35.2. The molecule has 0 aromatic heterocycles. The lowest BCUT2D eigenvalue weighted by atomic mass is 9.86. The number of hydrogen-bond acceptors (Lipinski definition) is 2. The van der Waals surface area contributed by atoms with Gasteiger partial charge in [0.05, 0.1) is 6.04 Å². The first-order chi connectivity index (χ1) is 18.8. The van der Waals surface area contributed by atoms with Crippen LogP contribution in [0.25, 0.3) is 0 Å². The van der Waals surface area contributed by atoms with Crippen molar-refractivity contribution in [3.63, 3.8) is 0 Å². The molecule has 1 aromatic carbocycles. The van der Waals surface area contributed by atoms with Gasteiger partial charge < -0.3 is 10.2 Å². The number of fused-ring (bicyclic) bond motifs is 1. The zero-order valence-corrected chi connectivity index (χ0v) is 28.2. The fourth-order valence-electron chi connectivity index (χ4n) is 3.84. The first kappa shape index (κ1) is 40.8. The van der Waals surface area contributed by atoms with Crippen LogP contribution in [0, 0.1) is 5.41 Å². The molecule has 0 spiro atoms. The number of allylic oxidation sites excluding steroid dienone is 6. The highest BCUT2D eigenvalue weighted by molar-refractivity contribution is 5.70. The van der Waals surface area contributed by atoms with E-state index in [2.05, 4.69) is 119 Å². The van der Waals surface area contributed by atoms with Crippen molar-refractivity contribution in [2.24, 2.45) is 5.41 Å². The van der Waals surface area contributed by atoms with Gasteiger partial charge in [-0.15, -0.1) is 13.2 Å². The second-order valence-electron chi connectivity index (χ2n) is 9.18. The second-order valence-corrected chi connectivity index (χ2v) is 9.18. The minimum Gasteiger partial charge on any atom is -0.375 e. The van der Waals surface area contributed by atoms with E-state index in [9.17, 15) is 0 Å². The molecular weight excluding hydrogens is 472 g/mol. The molecule has 0 saturated heterocycles. The third-order valence-electron chi connectivity index (χ3n) is 5.81. The maximum Gasteiger partial charge on any atom is 0.0634 e. The third kappa shape index (κ3) is 14.3. The Hall–Kier alpha value is -2.74. The van der Waals surface area contributed by atoms with Crippen LogP contribution >= 0.6 is 0 Å². The molecule has 0 fully saturated rings. The van der Waals surface area contributed by atoms with Gasteiger partial charge in [-0.2, -0.15) is 0 Å². The van der Waals surface area contributed by atoms with Crippen molar-refractivity contribution >= 4 is 11.4 Å². The van der Waals surface area contributed by atoms with Crippen LogP contribution in [-0.4, -0.2) is 13.1 Å². The molecule has 2 nitrogen and oxygen atoms in total. The number of likely N-dealkylation sites (N-methyl/N-ethyl adjacent to an activating group) is 1. The monoisotopic (exact) mass is 537 g/mol. The van der Waals surface area contributed by atoms with E-state index in [1.165, 1.54) is 40.9 Å². The largest absolute Gasteiger partial charge is 0.375 e. The van der Waals surface area contributed by atoms with Gasteiger partial charge in [0.1, 0.15) is 0 Å². The zero-order chi connectivity index (χ0) is 31.0. The molecule has 2 heteroatoms. The van der Waals surface area contributed by atoms with Crippen LogP contribution in [0.15, 0.2) is 85.7 Å². The van der Waals surface area contributed by atoms with Crippen molar-refractivity contribution in [2.75, 3.05) is 17.3 Å². The fourth-order valence-corrected chi connectivity index (χ4v) is 3.84. The highest BCUT2D eigenvalue weighted by Crippen LogP contribution is 2.34. The van der Waals surface area contributed by atoms with E-state index in [0.717, 1.165) is 18.5 Å². The number of anilines is 2. The molecular formula is C37H64N2. The van der Waals surface area contributed by atoms with Crippen LogP contribution in [0.5, 0.6) is 0 Å².